The highest BCUT2D eigenvalue weighted by atomic mass is 19.3. The van der Waals surface area contributed by atoms with Crippen LogP contribution in [0.15, 0.2) is 58.4 Å². The van der Waals surface area contributed by atoms with E-state index in [9.17, 15) is 13.6 Å². The molecule has 3 heterocycles. The summed E-state index contributed by atoms with van der Waals surface area (Å²) in [4.78, 5) is 26.1. The SMILES string of the molecule is CC.CN=Cc1cc(-n2nc3ccc(OCC(F)F)nc3c(-c3ccc(OC)nc3)c2=O)ccc1N. The van der Waals surface area contributed by atoms with Crippen LogP contribution in [-0.2, 0) is 0 Å². The fourth-order valence-corrected chi connectivity index (χ4v) is 3.32. The average molecular weight is 497 g/mol. The first-order chi connectivity index (χ1) is 17.4. The molecule has 4 rings (SSSR count). The highest BCUT2D eigenvalue weighted by molar-refractivity contribution is 5.91. The summed E-state index contributed by atoms with van der Waals surface area (Å²) in [5.74, 6) is 0.307. The number of halogens is 2. The second kappa shape index (κ2) is 11.8. The van der Waals surface area contributed by atoms with Gasteiger partial charge in [0, 0.05) is 48.4 Å². The van der Waals surface area contributed by atoms with E-state index in [4.69, 9.17) is 15.2 Å². The van der Waals surface area contributed by atoms with E-state index in [-0.39, 0.29) is 17.0 Å². The van der Waals surface area contributed by atoms with E-state index in [0.717, 1.165) is 0 Å². The number of methoxy groups -OCH3 is 1. The molecule has 2 N–H and O–H groups in total. The van der Waals surface area contributed by atoms with Gasteiger partial charge in [0.2, 0.25) is 11.8 Å². The zero-order valence-electron chi connectivity index (χ0n) is 20.3. The summed E-state index contributed by atoms with van der Waals surface area (Å²) in [6.45, 7) is 3.18. The molecule has 0 amide bonds. The fourth-order valence-electron chi connectivity index (χ4n) is 3.32. The molecule has 0 aliphatic carbocycles. The van der Waals surface area contributed by atoms with E-state index < -0.39 is 18.6 Å². The Morgan fingerprint density at radius 2 is 1.89 bits per heavy atom. The minimum Gasteiger partial charge on any atom is -0.481 e. The topological polar surface area (TPSA) is 118 Å². The molecule has 0 unspecified atom stereocenters. The van der Waals surface area contributed by atoms with Crippen LogP contribution in [0.25, 0.3) is 27.8 Å². The van der Waals surface area contributed by atoms with Crippen molar-refractivity contribution in [1.82, 2.24) is 19.7 Å². The van der Waals surface area contributed by atoms with E-state index in [0.29, 0.717) is 33.9 Å². The molecule has 0 saturated carbocycles. The summed E-state index contributed by atoms with van der Waals surface area (Å²) in [5, 5.41) is 4.44. The number of anilines is 1. The number of aromatic nitrogens is 4. The second-order valence-corrected chi connectivity index (χ2v) is 7.10. The van der Waals surface area contributed by atoms with Gasteiger partial charge in [0.1, 0.15) is 11.0 Å². The number of rotatable bonds is 7. The van der Waals surface area contributed by atoms with Crippen LogP contribution < -0.4 is 20.8 Å². The standard InChI is InChI=1S/C23H20F2N6O3.C2H6/c1-27-10-14-9-15(4-5-16(14)26)31-23(32)21(13-3-7-19(33-2)28-11-13)22-17(30-31)6-8-20(29-22)34-12-18(24)25;1-2/h3-11,18H,12,26H2,1-2H3;1-2H3. The van der Waals surface area contributed by atoms with Crippen molar-refractivity contribution < 1.29 is 18.3 Å². The molecule has 0 bridgehead atoms. The van der Waals surface area contributed by atoms with Crippen molar-refractivity contribution in [3.05, 3.63) is 64.6 Å². The third kappa shape index (κ3) is 5.62. The molecule has 0 spiro atoms. The molecule has 1 aromatic carbocycles. The first kappa shape index (κ1) is 26.2. The summed E-state index contributed by atoms with van der Waals surface area (Å²) >= 11 is 0. The lowest BCUT2D eigenvalue weighted by Gasteiger charge is -2.13. The van der Waals surface area contributed by atoms with Crippen LogP contribution >= 0.6 is 0 Å². The van der Waals surface area contributed by atoms with Crippen molar-refractivity contribution in [2.75, 3.05) is 26.5 Å². The van der Waals surface area contributed by atoms with Crippen LogP contribution in [0, 0.1) is 0 Å². The van der Waals surface area contributed by atoms with Gasteiger partial charge >= 0.3 is 0 Å². The summed E-state index contributed by atoms with van der Waals surface area (Å²) in [5.41, 5.74) is 8.21. The number of nitrogen functional groups attached to an aromatic ring is 1. The summed E-state index contributed by atoms with van der Waals surface area (Å²) in [6, 6.07) is 11.2. The molecule has 4 aromatic rings. The number of fused-ring (bicyclic) bond motifs is 1. The summed E-state index contributed by atoms with van der Waals surface area (Å²) in [6.07, 6.45) is 0.375. The van der Waals surface area contributed by atoms with E-state index in [1.54, 1.807) is 49.7 Å². The predicted molar refractivity (Wildman–Crippen MR) is 136 cm³/mol. The monoisotopic (exact) mass is 496 g/mol. The largest absolute Gasteiger partial charge is 0.481 e. The molecule has 0 radical (unpaired) electrons. The third-order valence-electron chi connectivity index (χ3n) is 4.87. The number of pyridine rings is 2. The van der Waals surface area contributed by atoms with Gasteiger partial charge in [0.25, 0.3) is 12.0 Å². The quantitative estimate of drug-likeness (QED) is 0.302. The Kier molecular flexibility index (Phi) is 8.61. The van der Waals surface area contributed by atoms with Gasteiger partial charge in [-0.25, -0.2) is 18.7 Å². The number of hydrogen-bond donors (Lipinski definition) is 1. The molecule has 0 aliphatic rings. The molecule has 188 valence electrons. The Balaban J connectivity index is 0.00000176. The van der Waals surface area contributed by atoms with Crippen LogP contribution in [-0.4, -0.2) is 53.2 Å². The molecule has 0 saturated heterocycles. The van der Waals surface area contributed by atoms with Crippen LogP contribution in [0.3, 0.4) is 0 Å². The zero-order valence-corrected chi connectivity index (χ0v) is 20.3. The Labute approximate surface area is 206 Å². The van der Waals surface area contributed by atoms with Crippen molar-refractivity contribution in [3.63, 3.8) is 0 Å². The Morgan fingerprint density at radius 1 is 1.14 bits per heavy atom. The van der Waals surface area contributed by atoms with Crippen LogP contribution in [0.2, 0.25) is 0 Å². The molecule has 0 aliphatic heterocycles. The van der Waals surface area contributed by atoms with E-state index in [1.807, 2.05) is 13.8 Å². The smallest absolute Gasteiger partial charge is 0.281 e. The maximum absolute atomic E-state index is 13.6. The molecule has 3 aromatic heterocycles. The third-order valence-corrected chi connectivity index (χ3v) is 4.87. The number of benzene rings is 1. The first-order valence-corrected chi connectivity index (χ1v) is 11.1. The van der Waals surface area contributed by atoms with E-state index in [1.165, 1.54) is 24.1 Å². The maximum Gasteiger partial charge on any atom is 0.281 e. The van der Waals surface area contributed by atoms with Crippen molar-refractivity contribution in [2.24, 2.45) is 4.99 Å². The van der Waals surface area contributed by atoms with E-state index >= 15 is 0 Å². The second-order valence-electron chi connectivity index (χ2n) is 7.10. The van der Waals surface area contributed by atoms with Gasteiger partial charge in [0.15, 0.2) is 6.61 Å². The number of nitrogens with two attached hydrogens (primary N) is 1. The van der Waals surface area contributed by atoms with Gasteiger partial charge in [-0.3, -0.25) is 9.79 Å². The normalized spacial score (nSPS) is 11.0. The molecular formula is C25H26F2N6O3. The molecule has 36 heavy (non-hydrogen) atoms. The number of alkyl halides is 2. The van der Waals surface area contributed by atoms with Gasteiger partial charge in [-0.2, -0.15) is 9.78 Å². The minimum absolute atomic E-state index is 0.0524. The Hall–Kier alpha value is -4.41. The van der Waals surface area contributed by atoms with Crippen LogP contribution in [0.5, 0.6) is 11.8 Å². The molecule has 0 fully saturated rings. The lowest BCUT2D eigenvalue weighted by molar-refractivity contribution is 0.0798. The predicted octanol–water partition coefficient (Wildman–Crippen LogP) is 4.15. The number of hydrogen-bond acceptors (Lipinski definition) is 8. The molecular weight excluding hydrogens is 470 g/mol. The van der Waals surface area contributed by atoms with Crippen molar-refractivity contribution >= 4 is 22.9 Å². The van der Waals surface area contributed by atoms with Crippen molar-refractivity contribution in [2.45, 2.75) is 20.3 Å². The van der Waals surface area contributed by atoms with Crippen LogP contribution in [0.1, 0.15) is 19.4 Å². The van der Waals surface area contributed by atoms with Gasteiger partial charge in [-0.1, -0.05) is 13.8 Å². The average Bonchev–Trinajstić information content (AvgIpc) is 2.90. The van der Waals surface area contributed by atoms with Crippen LogP contribution in [0.4, 0.5) is 14.5 Å². The lowest BCUT2D eigenvalue weighted by atomic mass is 10.1. The zero-order chi connectivity index (χ0) is 26.2. The first-order valence-electron chi connectivity index (χ1n) is 11.1. The number of aliphatic imine (C=N–C) groups is 1. The molecule has 11 heteroatoms. The van der Waals surface area contributed by atoms with Crippen molar-refractivity contribution in [3.8, 4) is 28.6 Å². The fraction of sp³-hybridized carbons (Fsp3) is 0.240. The van der Waals surface area contributed by atoms with Gasteiger partial charge in [0.05, 0.1) is 18.4 Å². The summed E-state index contributed by atoms with van der Waals surface area (Å²) < 4.78 is 36.6. The van der Waals surface area contributed by atoms with Gasteiger partial charge in [-0.15, -0.1) is 0 Å². The Bertz CT molecular complexity index is 1420. The highest BCUT2D eigenvalue weighted by Crippen LogP contribution is 2.26. The Morgan fingerprint density at radius 3 is 2.53 bits per heavy atom. The lowest BCUT2D eigenvalue weighted by Crippen LogP contribution is -2.24. The van der Waals surface area contributed by atoms with Crippen molar-refractivity contribution in [1.29, 1.82) is 0 Å². The maximum atomic E-state index is 13.6. The summed E-state index contributed by atoms with van der Waals surface area (Å²) in [7, 11) is 3.09. The number of nitrogens with zero attached hydrogens (tertiary/aromatic N) is 5. The van der Waals surface area contributed by atoms with Gasteiger partial charge in [-0.05, 0) is 30.3 Å². The van der Waals surface area contributed by atoms with Gasteiger partial charge < -0.3 is 15.2 Å². The number of ether oxygens (including phenoxy) is 2. The molecule has 0 atom stereocenters. The highest BCUT2D eigenvalue weighted by Gasteiger charge is 2.18. The minimum atomic E-state index is -2.67. The van der Waals surface area contributed by atoms with E-state index in [2.05, 4.69) is 20.1 Å². The molecule has 9 nitrogen and oxygen atoms in total.